The number of hydrogen-bond donors (Lipinski definition) is 1. The summed E-state index contributed by atoms with van der Waals surface area (Å²) in [5.74, 6) is 1.15. The lowest BCUT2D eigenvalue weighted by molar-refractivity contribution is -0.141. The molecule has 4 aliphatic rings. The van der Waals surface area contributed by atoms with E-state index in [2.05, 4.69) is 59.2 Å². The van der Waals surface area contributed by atoms with Gasteiger partial charge in [-0.25, -0.2) is 15.0 Å². The van der Waals surface area contributed by atoms with Crippen LogP contribution in [0.4, 0.5) is 19.0 Å². The lowest BCUT2D eigenvalue weighted by Gasteiger charge is -2.48. The van der Waals surface area contributed by atoms with E-state index in [-0.39, 0.29) is 24.8 Å². The molecule has 276 valence electrons. The molecule has 16 heteroatoms. The number of fused-ring (bicyclic) bond motifs is 1. The van der Waals surface area contributed by atoms with Crippen molar-refractivity contribution in [3.05, 3.63) is 94.8 Å². The summed E-state index contributed by atoms with van der Waals surface area (Å²) in [6.45, 7) is 8.35. The van der Waals surface area contributed by atoms with Gasteiger partial charge in [0, 0.05) is 81.7 Å². The van der Waals surface area contributed by atoms with Crippen LogP contribution in [0.5, 0.6) is 5.75 Å². The first kappa shape index (κ1) is 34.7. The highest BCUT2D eigenvalue weighted by molar-refractivity contribution is 6.05. The number of alkyl halides is 3. The number of rotatable bonds is 9. The normalized spacial score (nSPS) is 20.1. The number of halogens is 3. The van der Waals surface area contributed by atoms with Crippen LogP contribution in [-0.2, 0) is 35.5 Å². The summed E-state index contributed by atoms with van der Waals surface area (Å²) < 4.78 is 46.7. The molecule has 2 aromatic carbocycles. The van der Waals surface area contributed by atoms with Gasteiger partial charge in [-0.3, -0.25) is 34.1 Å². The number of aryl methyl sites for hydroxylation is 1. The first-order valence-electron chi connectivity index (χ1n) is 17.6. The summed E-state index contributed by atoms with van der Waals surface area (Å²) in [5.41, 5.74) is 2.52. The topological polar surface area (TPSA) is 129 Å². The van der Waals surface area contributed by atoms with Crippen molar-refractivity contribution in [2.24, 2.45) is 0 Å². The van der Waals surface area contributed by atoms with Crippen molar-refractivity contribution in [2.75, 3.05) is 44.2 Å². The Hall–Kier alpha value is -5.35. The minimum atomic E-state index is -4.52. The van der Waals surface area contributed by atoms with Gasteiger partial charge in [-0.15, -0.1) is 0 Å². The van der Waals surface area contributed by atoms with Crippen molar-refractivity contribution in [1.82, 2.24) is 39.5 Å². The molecular weight excluding hydrogens is 691 g/mol. The van der Waals surface area contributed by atoms with E-state index in [0.29, 0.717) is 47.8 Å². The molecule has 2 aromatic heterocycles. The van der Waals surface area contributed by atoms with Gasteiger partial charge in [-0.2, -0.15) is 13.2 Å². The van der Waals surface area contributed by atoms with Gasteiger partial charge in [0.25, 0.3) is 5.91 Å². The molecule has 4 aliphatic heterocycles. The minimum absolute atomic E-state index is 0.206. The molecule has 8 rings (SSSR count). The molecule has 0 radical (unpaired) electrons. The third-order valence-corrected chi connectivity index (χ3v) is 10.4. The van der Waals surface area contributed by atoms with Gasteiger partial charge in [-0.1, -0.05) is 30.3 Å². The van der Waals surface area contributed by atoms with Crippen LogP contribution in [0.25, 0.3) is 5.82 Å². The average molecular weight is 730 g/mol. The number of imidazole rings is 1. The number of anilines is 1. The van der Waals surface area contributed by atoms with Crippen LogP contribution in [-0.4, -0.2) is 103 Å². The Labute approximate surface area is 303 Å². The zero-order valence-electron chi connectivity index (χ0n) is 29.1. The van der Waals surface area contributed by atoms with E-state index in [4.69, 9.17) is 4.74 Å². The SMILES string of the molecule is Cc1nc(N2CCN(C3CN(Cc4ccc(COc5cccc6c5CN([C@H]5CCC(=O)NC5=O)C6=O)cc4)C3)CC2)cc(-n2cnc(C(F)(F)F)c2)n1. The fourth-order valence-electron chi connectivity index (χ4n) is 7.50. The largest absolute Gasteiger partial charge is 0.489 e. The Bertz CT molecular complexity index is 2040. The molecule has 0 spiro atoms. The van der Waals surface area contributed by atoms with Gasteiger partial charge in [0.05, 0.1) is 6.54 Å². The van der Waals surface area contributed by atoms with Crippen molar-refractivity contribution >= 4 is 23.5 Å². The summed E-state index contributed by atoms with van der Waals surface area (Å²) >= 11 is 0. The second-order valence-electron chi connectivity index (χ2n) is 14.0. The number of nitrogens with zero attached hydrogens (tertiary/aromatic N) is 8. The summed E-state index contributed by atoms with van der Waals surface area (Å²) in [7, 11) is 0. The third kappa shape index (κ3) is 7.20. The van der Waals surface area contributed by atoms with Gasteiger partial charge in [0.15, 0.2) is 5.69 Å². The van der Waals surface area contributed by atoms with Crippen molar-refractivity contribution in [3.63, 3.8) is 0 Å². The maximum atomic E-state index is 13.1. The van der Waals surface area contributed by atoms with E-state index < -0.39 is 23.8 Å². The standard InChI is InChI=1S/C37H38F3N9O4/c1-23-42-32(15-33(43-23)48-20-31(41-22-48)37(38,39)40)47-13-11-46(12-14-47)26-17-45(18-26)16-24-5-7-25(8-6-24)21-53-30-4-2-3-27-28(30)19-49(36(27)52)29-9-10-34(50)44-35(29)51/h2-8,15,20,22,26,29H,9-14,16-19,21H2,1H3,(H,44,50,51)/t29-/m0/s1. The van der Waals surface area contributed by atoms with Crippen LogP contribution in [0.2, 0.25) is 0 Å². The van der Waals surface area contributed by atoms with Gasteiger partial charge in [0.1, 0.15) is 42.2 Å². The van der Waals surface area contributed by atoms with Gasteiger partial charge in [-0.05, 0) is 36.6 Å². The first-order chi connectivity index (χ1) is 25.5. The highest BCUT2D eigenvalue weighted by Crippen LogP contribution is 2.34. The number of carbonyl (C=O) groups excluding carboxylic acids is 3. The Morgan fingerprint density at radius 2 is 1.68 bits per heavy atom. The number of piperazine rings is 1. The fourth-order valence-corrected chi connectivity index (χ4v) is 7.50. The molecule has 3 fully saturated rings. The molecular formula is C37H38F3N9O4. The predicted octanol–water partition coefficient (Wildman–Crippen LogP) is 3.34. The Balaban J connectivity index is 0.797. The summed E-state index contributed by atoms with van der Waals surface area (Å²) in [5, 5.41) is 2.34. The van der Waals surface area contributed by atoms with E-state index in [9.17, 15) is 27.6 Å². The van der Waals surface area contributed by atoms with Crippen LogP contribution >= 0.6 is 0 Å². The first-order valence-corrected chi connectivity index (χ1v) is 17.6. The molecule has 1 N–H and O–H groups in total. The molecule has 0 unspecified atom stereocenters. The Morgan fingerprint density at radius 3 is 2.40 bits per heavy atom. The molecule has 6 heterocycles. The molecule has 53 heavy (non-hydrogen) atoms. The van der Waals surface area contributed by atoms with Gasteiger partial charge < -0.3 is 14.5 Å². The summed E-state index contributed by atoms with van der Waals surface area (Å²) in [4.78, 5) is 58.1. The number of piperidine rings is 1. The van der Waals surface area contributed by atoms with E-state index >= 15 is 0 Å². The average Bonchev–Trinajstić information content (AvgIpc) is 3.76. The summed E-state index contributed by atoms with van der Waals surface area (Å²) in [6.07, 6.45) is -1.93. The van der Waals surface area contributed by atoms with E-state index in [1.807, 2.05) is 6.07 Å². The maximum absolute atomic E-state index is 13.1. The third-order valence-electron chi connectivity index (χ3n) is 10.4. The molecule has 13 nitrogen and oxygen atoms in total. The maximum Gasteiger partial charge on any atom is 0.434 e. The second-order valence-corrected chi connectivity index (χ2v) is 14.0. The second kappa shape index (κ2) is 13.9. The minimum Gasteiger partial charge on any atom is -0.489 e. The zero-order valence-corrected chi connectivity index (χ0v) is 29.1. The number of amides is 3. The molecule has 0 aliphatic carbocycles. The number of ether oxygens (including phenoxy) is 1. The molecule has 3 amide bonds. The highest BCUT2D eigenvalue weighted by Gasteiger charge is 2.40. The number of likely N-dealkylation sites (tertiary alicyclic amines) is 1. The van der Waals surface area contributed by atoms with Crippen molar-refractivity contribution in [1.29, 1.82) is 0 Å². The van der Waals surface area contributed by atoms with Crippen LogP contribution in [0.15, 0.2) is 61.1 Å². The van der Waals surface area contributed by atoms with Crippen LogP contribution in [0.1, 0.15) is 51.4 Å². The van der Waals surface area contributed by atoms with Crippen molar-refractivity contribution in [3.8, 4) is 11.6 Å². The lowest BCUT2D eigenvalue weighted by Crippen LogP contribution is -2.62. The molecule has 0 bridgehead atoms. The number of carbonyl (C=O) groups is 3. The van der Waals surface area contributed by atoms with Crippen LogP contribution in [0.3, 0.4) is 0 Å². The quantitative estimate of drug-likeness (QED) is 0.256. The van der Waals surface area contributed by atoms with E-state index in [1.165, 1.54) is 15.0 Å². The highest BCUT2D eigenvalue weighted by atomic mass is 19.4. The lowest BCUT2D eigenvalue weighted by atomic mass is 10.0. The predicted molar refractivity (Wildman–Crippen MR) is 185 cm³/mol. The number of imide groups is 1. The fraction of sp³-hybridized carbons (Fsp3) is 0.405. The van der Waals surface area contributed by atoms with Crippen LogP contribution < -0.4 is 15.0 Å². The molecule has 4 aromatic rings. The zero-order chi connectivity index (χ0) is 36.9. The van der Waals surface area contributed by atoms with Crippen molar-refractivity contribution < 1.29 is 32.3 Å². The smallest absolute Gasteiger partial charge is 0.434 e. The van der Waals surface area contributed by atoms with Gasteiger partial charge >= 0.3 is 6.18 Å². The van der Waals surface area contributed by atoms with E-state index in [0.717, 1.165) is 69.5 Å². The number of hydrogen-bond acceptors (Lipinski definition) is 10. The van der Waals surface area contributed by atoms with Crippen molar-refractivity contribution in [2.45, 2.75) is 57.7 Å². The number of aromatic nitrogens is 4. The number of benzene rings is 2. The van der Waals surface area contributed by atoms with E-state index in [1.54, 1.807) is 25.1 Å². The Morgan fingerprint density at radius 1 is 0.943 bits per heavy atom. The van der Waals surface area contributed by atoms with Crippen LogP contribution in [0, 0.1) is 6.92 Å². The monoisotopic (exact) mass is 729 g/mol. The summed E-state index contributed by atoms with van der Waals surface area (Å²) in [6, 6.07) is 15.2. The Kier molecular flexibility index (Phi) is 9.10. The number of nitrogens with one attached hydrogen (secondary N) is 1. The molecule has 0 saturated carbocycles. The molecule has 1 atom stereocenters. The molecule has 3 saturated heterocycles. The van der Waals surface area contributed by atoms with Gasteiger partial charge in [0.2, 0.25) is 11.8 Å².